The number of thiazole rings is 1. The molecule has 6 nitrogen and oxygen atoms in total. The molecule has 2 aromatic heterocycles. The van der Waals surface area contributed by atoms with Crippen molar-refractivity contribution in [1.82, 2.24) is 25.2 Å². The SMILES string of the molecule is CNCCN(C)C(=O)c1sc(-c2ncccn2)nc1C.Cl. The van der Waals surface area contributed by atoms with E-state index in [1.54, 1.807) is 30.4 Å². The fourth-order valence-corrected chi connectivity index (χ4v) is 2.66. The molecule has 2 rings (SSSR count). The van der Waals surface area contributed by atoms with Crippen LogP contribution >= 0.6 is 23.7 Å². The first-order valence-corrected chi connectivity index (χ1v) is 7.10. The van der Waals surface area contributed by atoms with Crippen LogP contribution in [0.5, 0.6) is 0 Å². The first-order valence-electron chi connectivity index (χ1n) is 6.28. The van der Waals surface area contributed by atoms with E-state index in [1.807, 2.05) is 14.0 Å². The molecule has 21 heavy (non-hydrogen) atoms. The number of likely N-dealkylation sites (N-methyl/N-ethyl adjacent to an activating group) is 2. The number of halogens is 1. The van der Waals surface area contributed by atoms with E-state index in [9.17, 15) is 4.79 Å². The van der Waals surface area contributed by atoms with Crippen molar-refractivity contribution in [2.45, 2.75) is 6.92 Å². The van der Waals surface area contributed by atoms with Gasteiger partial charge in [0.25, 0.3) is 5.91 Å². The Morgan fingerprint density at radius 2 is 2.05 bits per heavy atom. The minimum atomic E-state index is -0.0163. The third-order valence-electron chi connectivity index (χ3n) is 2.79. The predicted octanol–water partition coefficient (Wildman–Crippen LogP) is 1.62. The number of rotatable bonds is 5. The van der Waals surface area contributed by atoms with Crippen LogP contribution < -0.4 is 5.32 Å². The van der Waals surface area contributed by atoms with Crippen LogP contribution in [-0.2, 0) is 0 Å². The molecule has 0 atom stereocenters. The molecule has 114 valence electrons. The molecule has 8 heteroatoms. The molecule has 0 saturated heterocycles. The number of aromatic nitrogens is 3. The van der Waals surface area contributed by atoms with E-state index in [0.29, 0.717) is 22.3 Å². The Bertz CT molecular complexity index is 590. The van der Waals surface area contributed by atoms with Crippen LogP contribution in [-0.4, -0.2) is 52.9 Å². The summed E-state index contributed by atoms with van der Waals surface area (Å²) in [4.78, 5) is 27.4. The molecule has 0 radical (unpaired) electrons. The highest BCUT2D eigenvalue weighted by molar-refractivity contribution is 7.17. The zero-order valence-electron chi connectivity index (χ0n) is 12.2. The number of hydrogen-bond donors (Lipinski definition) is 1. The topological polar surface area (TPSA) is 71.0 Å². The lowest BCUT2D eigenvalue weighted by molar-refractivity contribution is 0.0800. The van der Waals surface area contributed by atoms with E-state index in [0.717, 1.165) is 12.2 Å². The lowest BCUT2D eigenvalue weighted by Gasteiger charge is -2.15. The average molecular weight is 328 g/mol. The number of carbonyl (C=O) groups excluding carboxylic acids is 1. The Kier molecular flexibility index (Phi) is 6.67. The van der Waals surface area contributed by atoms with Crippen LogP contribution in [0.1, 0.15) is 15.4 Å². The minimum Gasteiger partial charge on any atom is -0.340 e. The zero-order valence-corrected chi connectivity index (χ0v) is 13.8. The summed E-state index contributed by atoms with van der Waals surface area (Å²) in [6.45, 7) is 3.25. The molecule has 0 aromatic carbocycles. The molecular weight excluding hydrogens is 310 g/mol. The van der Waals surface area contributed by atoms with Crippen LogP contribution in [0.4, 0.5) is 0 Å². The Labute approximate surface area is 134 Å². The van der Waals surface area contributed by atoms with Gasteiger partial charge in [0.05, 0.1) is 5.69 Å². The highest BCUT2D eigenvalue weighted by Gasteiger charge is 2.20. The quantitative estimate of drug-likeness (QED) is 0.903. The Hall–Kier alpha value is -1.57. The van der Waals surface area contributed by atoms with Gasteiger partial charge in [0.2, 0.25) is 0 Å². The molecule has 0 aliphatic carbocycles. The fraction of sp³-hybridized carbons (Fsp3) is 0.385. The lowest BCUT2D eigenvalue weighted by Crippen LogP contribution is -2.32. The molecule has 0 aliphatic rings. The Morgan fingerprint density at radius 1 is 1.38 bits per heavy atom. The number of hydrogen-bond acceptors (Lipinski definition) is 6. The lowest BCUT2D eigenvalue weighted by atomic mass is 10.3. The van der Waals surface area contributed by atoms with Crippen LogP contribution in [0.25, 0.3) is 10.8 Å². The van der Waals surface area contributed by atoms with Gasteiger partial charge in [-0.05, 0) is 20.0 Å². The molecule has 0 aliphatic heterocycles. The summed E-state index contributed by atoms with van der Waals surface area (Å²) < 4.78 is 0. The number of amides is 1. The zero-order chi connectivity index (χ0) is 14.5. The van der Waals surface area contributed by atoms with E-state index in [1.165, 1.54) is 11.3 Å². The number of aryl methyl sites for hydroxylation is 1. The first-order chi connectivity index (χ1) is 9.63. The van der Waals surface area contributed by atoms with Gasteiger partial charge in [0.1, 0.15) is 4.88 Å². The van der Waals surface area contributed by atoms with Gasteiger partial charge in [-0.1, -0.05) is 0 Å². The van der Waals surface area contributed by atoms with Gasteiger partial charge in [-0.25, -0.2) is 15.0 Å². The van der Waals surface area contributed by atoms with Crippen molar-refractivity contribution >= 4 is 29.7 Å². The van der Waals surface area contributed by atoms with Crippen molar-refractivity contribution in [2.75, 3.05) is 27.2 Å². The van der Waals surface area contributed by atoms with Gasteiger partial charge < -0.3 is 10.2 Å². The second-order valence-electron chi connectivity index (χ2n) is 4.34. The second-order valence-corrected chi connectivity index (χ2v) is 5.34. The molecule has 1 N–H and O–H groups in total. The maximum atomic E-state index is 12.3. The molecule has 0 saturated carbocycles. The number of nitrogens with one attached hydrogen (secondary N) is 1. The second kappa shape index (κ2) is 8.02. The molecule has 2 aromatic rings. The van der Waals surface area contributed by atoms with E-state index < -0.39 is 0 Å². The van der Waals surface area contributed by atoms with Gasteiger partial charge in [0.15, 0.2) is 10.8 Å². The predicted molar refractivity (Wildman–Crippen MR) is 86.0 cm³/mol. The highest BCUT2D eigenvalue weighted by Crippen LogP contribution is 2.25. The first kappa shape index (κ1) is 17.5. The average Bonchev–Trinajstić information content (AvgIpc) is 2.87. The highest BCUT2D eigenvalue weighted by atomic mass is 35.5. The van der Waals surface area contributed by atoms with Crippen LogP contribution in [0, 0.1) is 6.92 Å². The molecule has 0 bridgehead atoms. The summed E-state index contributed by atoms with van der Waals surface area (Å²) in [6.07, 6.45) is 3.33. The normalized spacial score (nSPS) is 10.0. The summed E-state index contributed by atoms with van der Waals surface area (Å²) in [7, 11) is 3.65. The molecule has 0 unspecified atom stereocenters. The molecule has 1 amide bonds. The van der Waals surface area contributed by atoms with Crippen molar-refractivity contribution in [2.24, 2.45) is 0 Å². The molecular formula is C13H18ClN5OS. The molecule has 0 fully saturated rings. The van der Waals surface area contributed by atoms with E-state index in [4.69, 9.17) is 0 Å². The summed E-state index contributed by atoms with van der Waals surface area (Å²) in [5, 5.41) is 3.70. The Morgan fingerprint density at radius 3 is 2.67 bits per heavy atom. The van der Waals surface area contributed by atoms with E-state index in [-0.39, 0.29) is 18.3 Å². The minimum absolute atomic E-state index is 0. The van der Waals surface area contributed by atoms with Crippen molar-refractivity contribution < 1.29 is 4.79 Å². The van der Waals surface area contributed by atoms with E-state index >= 15 is 0 Å². The summed E-state index contributed by atoms with van der Waals surface area (Å²) in [6, 6.07) is 1.75. The van der Waals surface area contributed by atoms with Crippen LogP contribution in [0.3, 0.4) is 0 Å². The van der Waals surface area contributed by atoms with Gasteiger partial charge in [-0.15, -0.1) is 23.7 Å². The Balaban J connectivity index is 0.00000220. The fourth-order valence-electron chi connectivity index (χ4n) is 1.65. The van der Waals surface area contributed by atoms with Gasteiger partial charge in [0, 0.05) is 32.5 Å². The van der Waals surface area contributed by atoms with Gasteiger partial charge in [-0.2, -0.15) is 0 Å². The van der Waals surface area contributed by atoms with Crippen LogP contribution in [0.15, 0.2) is 18.5 Å². The number of nitrogens with zero attached hydrogens (tertiary/aromatic N) is 4. The summed E-state index contributed by atoms with van der Waals surface area (Å²) >= 11 is 1.33. The molecule has 0 spiro atoms. The van der Waals surface area contributed by atoms with Gasteiger partial charge >= 0.3 is 0 Å². The van der Waals surface area contributed by atoms with Crippen molar-refractivity contribution in [1.29, 1.82) is 0 Å². The monoisotopic (exact) mass is 327 g/mol. The maximum Gasteiger partial charge on any atom is 0.265 e. The standard InChI is InChI=1S/C13H17N5OS.ClH/c1-9-10(13(19)18(3)8-7-14-2)20-12(17-9)11-15-5-4-6-16-11;/h4-6,14H,7-8H2,1-3H3;1H. The largest absolute Gasteiger partial charge is 0.340 e. The third-order valence-corrected chi connectivity index (χ3v) is 3.93. The van der Waals surface area contributed by atoms with Crippen molar-refractivity contribution in [3.63, 3.8) is 0 Å². The summed E-state index contributed by atoms with van der Waals surface area (Å²) in [5.74, 6) is 0.537. The van der Waals surface area contributed by atoms with Crippen LogP contribution in [0.2, 0.25) is 0 Å². The third kappa shape index (κ3) is 4.20. The van der Waals surface area contributed by atoms with Gasteiger partial charge in [-0.3, -0.25) is 4.79 Å². The molecule has 2 heterocycles. The smallest absolute Gasteiger partial charge is 0.265 e. The number of carbonyl (C=O) groups is 1. The van der Waals surface area contributed by atoms with Crippen molar-refractivity contribution in [3.8, 4) is 10.8 Å². The van der Waals surface area contributed by atoms with E-state index in [2.05, 4.69) is 20.3 Å². The maximum absolute atomic E-state index is 12.3. The van der Waals surface area contributed by atoms with Crippen molar-refractivity contribution in [3.05, 3.63) is 29.0 Å². The summed E-state index contributed by atoms with van der Waals surface area (Å²) in [5.41, 5.74) is 0.721.